The Hall–Kier alpha value is -1.79. The highest BCUT2D eigenvalue weighted by atomic mass is 19.4. The van der Waals surface area contributed by atoms with E-state index >= 15 is 0 Å². The van der Waals surface area contributed by atoms with Gasteiger partial charge in [-0.1, -0.05) is 5.16 Å². The van der Waals surface area contributed by atoms with Gasteiger partial charge in [-0.2, -0.15) is 18.2 Å². The zero-order chi connectivity index (χ0) is 12.8. The van der Waals surface area contributed by atoms with Crippen molar-refractivity contribution in [2.45, 2.75) is 24.9 Å². The van der Waals surface area contributed by atoms with E-state index in [2.05, 4.69) is 10.1 Å². The highest BCUT2D eigenvalue weighted by Gasteiger charge is 2.52. The number of hydrogen-bond acceptors (Lipinski definition) is 4. The molecular weight excluding hydrogens is 249 g/mol. The molecule has 96 valence electrons. The molecule has 2 aromatic rings. The number of halogens is 3. The summed E-state index contributed by atoms with van der Waals surface area (Å²) >= 11 is 0. The summed E-state index contributed by atoms with van der Waals surface area (Å²) in [6.07, 6.45) is -2.21. The van der Waals surface area contributed by atoms with Gasteiger partial charge in [-0.3, -0.25) is 0 Å². The summed E-state index contributed by atoms with van der Waals surface area (Å²) in [6.45, 7) is 0. The lowest BCUT2D eigenvalue weighted by Gasteiger charge is -2.35. The predicted molar refractivity (Wildman–Crippen MR) is 53.5 cm³/mol. The van der Waals surface area contributed by atoms with Gasteiger partial charge in [-0.15, -0.1) is 0 Å². The second-order valence-electron chi connectivity index (χ2n) is 4.27. The summed E-state index contributed by atoms with van der Waals surface area (Å²) in [5.74, 6) is -1.48. The number of alkyl halides is 3. The molecule has 0 radical (unpaired) electrons. The Morgan fingerprint density at radius 3 is 2.67 bits per heavy atom. The van der Waals surface area contributed by atoms with Crippen molar-refractivity contribution in [3.63, 3.8) is 0 Å². The molecule has 0 unspecified atom stereocenters. The van der Waals surface area contributed by atoms with Crippen molar-refractivity contribution in [1.29, 1.82) is 0 Å². The number of aromatic nitrogens is 2. The number of rotatable bonds is 2. The molecule has 0 spiro atoms. The van der Waals surface area contributed by atoms with E-state index in [0.29, 0.717) is 12.2 Å². The van der Waals surface area contributed by atoms with Crippen molar-refractivity contribution >= 4 is 0 Å². The van der Waals surface area contributed by atoms with Gasteiger partial charge in [0.05, 0.1) is 12.2 Å². The summed E-state index contributed by atoms with van der Waals surface area (Å²) in [5, 5.41) is 3.61. The van der Waals surface area contributed by atoms with E-state index in [9.17, 15) is 13.2 Å². The van der Waals surface area contributed by atoms with Gasteiger partial charge in [0.1, 0.15) is 0 Å². The topological polar surface area (TPSA) is 52.1 Å². The molecule has 2 aromatic heterocycles. The van der Waals surface area contributed by atoms with Gasteiger partial charge in [0.25, 0.3) is 5.89 Å². The van der Waals surface area contributed by atoms with Crippen molar-refractivity contribution in [3.05, 3.63) is 24.2 Å². The van der Waals surface area contributed by atoms with E-state index in [0.717, 1.165) is 0 Å². The molecule has 3 rings (SSSR count). The summed E-state index contributed by atoms with van der Waals surface area (Å²) in [5.41, 5.74) is 0. The van der Waals surface area contributed by atoms with E-state index < -0.39 is 18.0 Å². The predicted octanol–water partition coefficient (Wildman–Crippen LogP) is 3.39. The molecule has 0 amide bonds. The van der Waals surface area contributed by atoms with Crippen LogP contribution >= 0.6 is 0 Å². The smallest absolute Gasteiger partial charge is 0.392 e. The van der Waals surface area contributed by atoms with E-state index in [1.54, 1.807) is 12.1 Å². The quantitative estimate of drug-likeness (QED) is 0.828. The van der Waals surface area contributed by atoms with Crippen LogP contribution in [0.2, 0.25) is 0 Å². The molecular formula is C11H9F3N2O2. The molecule has 2 heterocycles. The van der Waals surface area contributed by atoms with Gasteiger partial charge in [-0.25, -0.2) is 0 Å². The minimum atomic E-state index is -4.20. The molecule has 0 saturated heterocycles. The fourth-order valence-electron chi connectivity index (χ4n) is 2.09. The van der Waals surface area contributed by atoms with Gasteiger partial charge in [0.15, 0.2) is 11.6 Å². The Morgan fingerprint density at radius 1 is 1.28 bits per heavy atom. The van der Waals surface area contributed by atoms with E-state index in [-0.39, 0.29) is 18.1 Å². The minimum Gasteiger partial charge on any atom is -0.459 e. The van der Waals surface area contributed by atoms with Crippen LogP contribution in [-0.2, 0) is 0 Å². The molecule has 1 aliphatic rings. The van der Waals surface area contributed by atoms with Crippen LogP contribution in [0.25, 0.3) is 11.7 Å². The van der Waals surface area contributed by atoms with Gasteiger partial charge < -0.3 is 8.94 Å². The molecule has 0 bridgehead atoms. The molecule has 0 N–H and O–H groups in total. The van der Waals surface area contributed by atoms with Crippen LogP contribution in [0.3, 0.4) is 0 Å². The van der Waals surface area contributed by atoms with Crippen molar-refractivity contribution in [2.75, 3.05) is 0 Å². The molecule has 7 heteroatoms. The van der Waals surface area contributed by atoms with Crippen molar-refractivity contribution in [3.8, 4) is 11.7 Å². The maximum Gasteiger partial charge on any atom is 0.392 e. The zero-order valence-corrected chi connectivity index (χ0v) is 9.15. The van der Waals surface area contributed by atoms with E-state index in [1.807, 2.05) is 0 Å². The van der Waals surface area contributed by atoms with Crippen LogP contribution in [0.1, 0.15) is 24.6 Å². The van der Waals surface area contributed by atoms with Crippen LogP contribution in [0.5, 0.6) is 0 Å². The average molecular weight is 258 g/mol. The number of hydrogen-bond donors (Lipinski definition) is 0. The second-order valence-corrected chi connectivity index (χ2v) is 4.27. The van der Waals surface area contributed by atoms with Crippen LogP contribution < -0.4 is 0 Å². The van der Waals surface area contributed by atoms with Gasteiger partial charge >= 0.3 is 6.18 Å². The Balaban J connectivity index is 1.82. The fourth-order valence-corrected chi connectivity index (χ4v) is 2.09. The fraction of sp³-hybridized carbons (Fsp3) is 0.455. The third-order valence-corrected chi connectivity index (χ3v) is 3.20. The first kappa shape index (κ1) is 11.3. The summed E-state index contributed by atoms with van der Waals surface area (Å²) in [6, 6.07) is 3.25. The normalized spacial score (nSPS) is 23.9. The highest BCUT2D eigenvalue weighted by Crippen LogP contribution is 2.50. The maximum absolute atomic E-state index is 12.6. The molecule has 1 aliphatic carbocycles. The first-order valence-corrected chi connectivity index (χ1v) is 5.50. The summed E-state index contributed by atoms with van der Waals surface area (Å²) in [4.78, 5) is 3.97. The Morgan fingerprint density at radius 2 is 2.11 bits per heavy atom. The first-order chi connectivity index (χ1) is 8.55. The summed E-state index contributed by atoms with van der Waals surface area (Å²) in [7, 11) is 0. The van der Waals surface area contributed by atoms with Gasteiger partial charge in [0.2, 0.25) is 0 Å². The van der Waals surface area contributed by atoms with Crippen molar-refractivity contribution in [2.24, 2.45) is 5.92 Å². The molecule has 18 heavy (non-hydrogen) atoms. The van der Waals surface area contributed by atoms with E-state index in [1.165, 1.54) is 6.26 Å². The average Bonchev–Trinajstić information content (AvgIpc) is 2.79. The van der Waals surface area contributed by atoms with Crippen LogP contribution in [0, 0.1) is 5.92 Å². The first-order valence-electron chi connectivity index (χ1n) is 5.50. The summed E-state index contributed by atoms with van der Waals surface area (Å²) < 4.78 is 47.8. The molecule has 2 atom stereocenters. The monoisotopic (exact) mass is 258 g/mol. The van der Waals surface area contributed by atoms with E-state index in [4.69, 9.17) is 8.94 Å². The van der Waals surface area contributed by atoms with Gasteiger partial charge in [0, 0.05) is 5.92 Å². The van der Waals surface area contributed by atoms with Crippen LogP contribution in [0.15, 0.2) is 27.3 Å². The van der Waals surface area contributed by atoms with Gasteiger partial charge in [-0.05, 0) is 25.0 Å². The Labute approximate surface area is 99.8 Å². The highest BCUT2D eigenvalue weighted by molar-refractivity contribution is 5.43. The molecule has 0 aromatic carbocycles. The lowest BCUT2D eigenvalue weighted by atomic mass is 9.73. The maximum atomic E-state index is 12.6. The second kappa shape index (κ2) is 3.86. The largest absolute Gasteiger partial charge is 0.459 e. The third-order valence-electron chi connectivity index (χ3n) is 3.20. The Bertz CT molecular complexity index is 533. The SMILES string of the molecule is FC(F)(F)[C@@H]1CC[C@H]1c1noc(-c2ccco2)n1. The molecule has 4 nitrogen and oxygen atoms in total. The van der Waals surface area contributed by atoms with Crippen molar-refractivity contribution in [1.82, 2.24) is 10.1 Å². The lowest BCUT2D eigenvalue weighted by molar-refractivity contribution is -0.201. The van der Waals surface area contributed by atoms with Crippen molar-refractivity contribution < 1.29 is 22.1 Å². The van der Waals surface area contributed by atoms with Crippen LogP contribution in [-0.4, -0.2) is 16.3 Å². The number of furan rings is 1. The molecule has 0 aliphatic heterocycles. The standard InChI is InChI=1S/C11H9F3N2O2/c12-11(13,14)7-4-3-6(7)9-15-10(18-16-9)8-2-1-5-17-8/h1-2,5-7H,3-4H2/t6-,7-/m1/s1. The van der Waals surface area contributed by atoms with Crippen LogP contribution in [0.4, 0.5) is 13.2 Å². The minimum absolute atomic E-state index is 0.106. The Kier molecular flexibility index (Phi) is 2.42. The third kappa shape index (κ3) is 1.79. The lowest BCUT2D eigenvalue weighted by Crippen LogP contribution is -2.37. The molecule has 1 saturated carbocycles. The zero-order valence-electron chi connectivity index (χ0n) is 9.15. The number of nitrogens with zero attached hydrogens (tertiary/aromatic N) is 2. The molecule has 1 fully saturated rings.